The lowest BCUT2D eigenvalue weighted by atomic mass is 9.82. The Bertz CT molecular complexity index is 602. The topological polar surface area (TPSA) is 51.8 Å². The Morgan fingerprint density at radius 3 is 2.84 bits per heavy atom. The maximum Gasteiger partial charge on any atom is 0.186 e. The lowest BCUT2D eigenvalue weighted by Crippen LogP contribution is -2.16. The molecule has 3 rings (SSSR count). The van der Waals surface area contributed by atoms with Crippen molar-refractivity contribution in [2.24, 2.45) is 0 Å². The van der Waals surface area contributed by atoms with E-state index in [1.54, 1.807) is 6.92 Å². The largest absolute Gasteiger partial charge is 0.381 e. The molecule has 3 nitrogen and oxygen atoms in total. The fraction of sp³-hybridized carbons (Fsp3) is 0.333. The van der Waals surface area contributed by atoms with E-state index in [2.05, 4.69) is 22.1 Å². The summed E-state index contributed by atoms with van der Waals surface area (Å²) >= 11 is 0. The Morgan fingerprint density at radius 2 is 2.05 bits per heavy atom. The third-order valence-corrected chi connectivity index (χ3v) is 3.74. The molecule has 1 aliphatic rings. The van der Waals surface area contributed by atoms with Crippen molar-refractivity contribution in [2.75, 3.05) is 5.73 Å². The van der Waals surface area contributed by atoms with Crippen LogP contribution in [-0.2, 0) is 6.42 Å². The Hall–Kier alpha value is -1.97. The highest BCUT2D eigenvalue weighted by atomic mass is 19.1. The van der Waals surface area contributed by atoms with E-state index < -0.39 is 5.82 Å². The van der Waals surface area contributed by atoms with Crippen molar-refractivity contribution in [1.29, 1.82) is 0 Å². The van der Waals surface area contributed by atoms with Gasteiger partial charge in [0.05, 0.1) is 5.69 Å². The molecule has 0 spiro atoms. The molecule has 1 atom stereocenters. The molecule has 2 aromatic rings. The first-order valence-electron chi connectivity index (χ1n) is 6.54. The summed E-state index contributed by atoms with van der Waals surface area (Å²) in [7, 11) is 0. The summed E-state index contributed by atoms with van der Waals surface area (Å²) < 4.78 is 13.5. The van der Waals surface area contributed by atoms with Gasteiger partial charge in [-0.15, -0.1) is 0 Å². The Morgan fingerprint density at radius 1 is 1.26 bits per heavy atom. The van der Waals surface area contributed by atoms with Crippen molar-refractivity contribution in [3.05, 3.63) is 52.7 Å². The number of nitrogens with two attached hydrogens (primary N) is 1. The minimum atomic E-state index is -0.507. The highest BCUT2D eigenvalue weighted by molar-refractivity contribution is 5.39. The van der Waals surface area contributed by atoms with Crippen LogP contribution in [0.3, 0.4) is 0 Å². The Balaban J connectivity index is 2.09. The number of benzene rings is 1. The molecular weight excluding hydrogens is 241 g/mol. The highest BCUT2D eigenvalue weighted by Crippen LogP contribution is 2.35. The van der Waals surface area contributed by atoms with Crippen LogP contribution in [0.4, 0.5) is 10.2 Å². The molecule has 2 N–H and O–H groups in total. The Kier molecular flexibility index (Phi) is 2.93. The summed E-state index contributed by atoms with van der Waals surface area (Å²) in [4.78, 5) is 8.44. The van der Waals surface area contributed by atoms with E-state index in [0.717, 1.165) is 19.3 Å². The van der Waals surface area contributed by atoms with Gasteiger partial charge in [-0.1, -0.05) is 24.3 Å². The van der Waals surface area contributed by atoms with Gasteiger partial charge in [0, 0.05) is 5.92 Å². The normalized spacial score (nSPS) is 18.1. The van der Waals surface area contributed by atoms with Crippen LogP contribution in [0.1, 0.15) is 41.4 Å². The van der Waals surface area contributed by atoms with Crippen LogP contribution in [0, 0.1) is 12.7 Å². The number of aryl methyl sites for hydroxylation is 2. The van der Waals surface area contributed by atoms with Gasteiger partial charge >= 0.3 is 0 Å². The van der Waals surface area contributed by atoms with E-state index in [4.69, 9.17) is 5.73 Å². The molecule has 1 unspecified atom stereocenters. The molecule has 0 bridgehead atoms. The van der Waals surface area contributed by atoms with Crippen molar-refractivity contribution >= 4 is 5.82 Å². The highest BCUT2D eigenvalue weighted by Gasteiger charge is 2.25. The maximum atomic E-state index is 13.5. The molecule has 19 heavy (non-hydrogen) atoms. The van der Waals surface area contributed by atoms with E-state index in [1.807, 2.05) is 12.1 Å². The van der Waals surface area contributed by atoms with Crippen molar-refractivity contribution < 1.29 is 4.39 Å². The third-order valence-electron chi connectivity index (χ3n) is 3.74. The minimum absolute atomic E-state index is 0.0504. The summed E-state index contributed by atoms with van der Waals surface area (Å²) in [6, 6.07) is 8.32. The molecule has 1 aliphatic carbocycles. The molecule has 98 valence electrons. The predicted octanol–water partition coefficient (Wildman–Crippen LogP) is 2.97. The van der Waals surface area contributed by atoms with Crippen LogP contribution in [-0.4, -0.2) is 9.97 Å². The molecule has 0 saturated carbocycles. The van der Waals surface area contributed by atoms with E-state index in [-0.39, 0.29) is 11.7 Å². The molecule has 1 heterocycles. The first-order chi connectivity index (χ1) is 9.16. The number of fused-ring (bicyclic) bond motifs is 1. The number of hydrogen-bond donors (Lipinski definition) is 1. The van der Waals surface area contributed by atoms with Crippen LogP contribution in [0.15, 0.2) is 24.3 Å². The predicted molar refractivity (Wildman–Crippen MR) is 72.4 cm³/mol. The van der Waals surface area contributed by atoms with Gasteiger partial charge in [-0.3, -0.25) is 0 Å². The first kappa shape index (κ1) is 12.1. The standard InChI is InChI=1S/C15H16FN3/c1-9-13(16)14(17)19-15(18-9)12-8-4-6-10-5-2-3-7-11(10)12/h2-3,5,7,12H,4,6,8H2,1H3,(H2,17,18,19). The van der Waals surface area contributed by atoms with Crippen LogP contribution in [0.2, 0.25) is 0 Å². The summed E-state index contributed by atoms with van der Waals surface area (Å²) in [6.45, 7) is 1.63. The number of hydrogen-bond acceptors (Lipinski definition) is 3. The average Bonchev–Trinajstić information content (AvgIpc) is 2.43. The van der Waals surface area contributed by atoms with Gasteiger partial charge < -0.3 is 5.73 Å². The zero-order valence-corrected chi connectivity index (χ0v) is 10.9. The van der Waals surface area contributed by atoms with Crippen LogP contribution < -0.4 is 5.73 Å². The number of anilines is 1. The minimum Gasteiger partial charge on any atom is -0.381 e. The second kappa shape index (κ2) is 4.61. The molecule has 1 aromatic carbocycles. The third kappa shape index (κ3) is 2.07. The number of aromatic nitrogens is 2. The van der Waals surface area contributed by atoms with Crippen LogP contribution >= 0.6 is 0 Å². The molecule has 0 amide bonds. The van der Waals surface area contributed by atoms with E-state index >= 15 is 0 Å². The fourth-order valence-electron chi connectivity index (χ4n) is 2.78. The van der Waals surface area contributed by atoms with E-state index in [0.29, 0.717) is 11.5 Å². The van der Waals surface area contributed by atoms with E-state index in [1.165, 1.54) is 11.1 Å². The molecule has 0 aliphatic heterocycles. The second-order valence-electron chi connectivity index (χ2n) is 5.01. The van der Waals surface area contributed by atoms with E-state index in [9.17, 15) is 4.39 Å². The first-order valence-corrected chi connectivity index (χ1v) is 6.54. The lowest BCUT2D eigenvalue weighted by molar-refractivity contribution is 0.567. The summed E-state index contributed by atoms with van der Waals surface area (Å²) in [5.41, 5.74) is 8.53. The maximum absolute atomic E-state index is 13.5. The molecule has 0 fully saturated rings. The zero-order valence-electron chi connectivity index (χ0n) is 10.9. The molecule has 0 radical (unpaired) electrons. The van der Waals surface area contributed by atoms with Crippen molar-refractivity contribution in [3.8, 4) is 0 Å². The number of nitrogen functional groups attached to an aromatic ring is 1. The molecular formula is C15H16FN3. The molecule has 0 saturated heterocycles. The van der Waals surface area contributed by atoms with Crippen LogP contribution in [0.5, 0.6) is 0 Å². The fourth-order valence-corrected chi connectivity index (χ4v) is 2.78. The molecule has 4 heteroatoms. The van der Waals surface area contributed by atoms with Gasteiger partial charge in [0.2, 0.25) is 0 Å². The summed E-state index contributed by atoms with van der Waals surface area (Å²) in [5, 5.41) is 0. The lowest BCUT2D eigenvalue weighted by Gasteiger charge is -2.24. The summed E-state index contributed by atoms with van der Waals surface area (Å²) in [5.74, 6) is 0.216. The van der Waals surface area contributed by atoms with Gasteiger partial charge in [0.15, 0.2) is 11.6 Å². The van der Waals surface area contributed by atoms with Gasteiger partial charge in [0.25, 0.3) is 0 Å². The quantitative estimate of drug-likeness (QED) is 0.854. The van der Waals surface area contributed by atoms with Gasteiger partial charge in [-0.2, -0.15) is 0 Å². The van der Waals surface area contributed by atoms with Crippen molar-refractivity contribution in [1.82, 2.24) is 9.97 Å². The second-order valence-corrected chi connectivity index (χ2v) is 5.01. The monoisotopic (exact) mass is 257 g/mol. The van der Waals surface area contributed by atoms with Gasteiger partial charge in [-0.05, 0) is 37.3 Å². The SMILES string of the molecule is Cc1nc(C2CCCc3ccccc32)nc(N)c1F. The number of nitrogens with zero attached hydrogens (tertiary/aromatic N) is 2. The number of rotatable bonds is 1. The Labute approximate surface area is 111 Å². The van der Waals surface area contributed by atoms with Gasteiger partial charge in [-0.25, -0.2) is 14.4 Å². The van der Waals surface area contributed by atoms with Crippen molar-refractivity contribution in [3.63, 3.8) is 0 Å². The zero-order chi connectivity index (χ0) is 13.4. The molecule has 1 aromatic heterocycles. The smallest absolute Gasteiger partial charge is 0.186 e. The average molecular weight is 257 g/mol. The van der Waals surface area contributed by atoms with Crippen LogP contribution in [0.25, 0.3) is 0 Å². The summed E-state index contributed by atoms with van der Waals surface area (Å²) in [6.07, 6.45) is 3.17. The number of halogens is 1. The van der Waals surface area contributed by atoms with Gasteiger partial charge in [0.1, 0.15) is 5.82 Å². The van der Waals surface area contributed by atoms with Crippen molar-refractivity contribution in [2.45, 2.75) is 32.1 Å².